The Morgan fingerprint density at radius 1 is 0.917 bits per heavy atom. The van der Waals surface area contributed by atoms with Crippen LogP contribution in [0.5, 0.6) is 0 Å². The molecule has 3 rings (SSSR count). The molecule has 0 unspecified atom stereocenters. The van der Waals surface area contributed by atoms with Gasteiger partial charge in [-0.15, -0.1) is 11.8 Å². The van der Waals surface area contributed by atoms with Crippen LogP contribution < -0.4 is 0 Å². The Morgan fingerprint density at radius 3 is 2.38 bits per heavy atom. The van der Waals surface area contributed by atoms with Gasteiger partial charge in [0, 0.05) is 21.7 Å². The van der Waals surface area contributed by atoms with Crippen molar-refractivity contribution in [2.45, 2.75) is 31.6 Å². The Balaban J connectivity index is 1.96. The van der Waals surface area contributed by atoms with Gasteiger partial charge in [0.15, 0.2) is 0 Å². The second-order valence-corrected chi connectivity index (χ2v) is 8.05. The van der Waals surface area contributed by atoms with Crippen molar-refractivity contribution >= 4 is 57.5 Å². The van der Waals surface area contributed by atoms with Gasteiger partial charge in [-0.25, -0.2) is 4.98 Å². The van der Waals surface area contributed by atoms with E-state index in [4.69, 9.17) is 39.8 Å². The minimum absolute atomic E-state index is 0.515. The first-order valence-electron chi connectivity index (χ1n) is 7.50. The van der Waals surface area contributed by atoms with Gasteiger partial charge in [-0.3, -0.25) is 0 Å². The maximum atomic E-state index is 6.28. The Bertz CT molecular complexity index is 938. The van der Waals surface area contributed by atoms with Gasteiger partial charge in [0.2, 0.25) is 0 Å². The average Bonchev–Trinajstić information content (AvgIpc) is 2.52. The number of hydrogen-bond donors (Lipinski definition) is 0. The fourth-order valence-corrected chi connectivity index (χ4v) is 4.58. The molecule has 24 heavy (non-hydrogen) atoms. The monoisotopic (exact) mass is 395 g/mol. The molecule has 0 aliphatic heterocycles. The summed E-state index contributed by atoms with van der Waals surface area (Å²) in [5.41, 5.74) is 5.55. The molecule has 2 aromatic carbocycles. The first kappa shape index (κ1) is 17.9. The minimum Gasteiger partial charge on any atom is -0.241 e. The average molecular weight is 397 g/mol. The summed E-state index contributed by atoms with van der Waals surface area (Å²) in [6.07, 6.45) is 0. The van der Waals surface area contributed by atoms with Crippen molar-refractivity contribution in [3.63, 3.8) is 0 Å². The summed E-state index contributed by atoms with van der Waals surface area (Å²) >= 11 is 20.2. The van der Waals surface area contributed by atoms with E-state index < -0.39 is 0 Å². The predicted octanol–water partition coefficient (Wildman–Crippen LogP) is 7.41. The Morgan fingerprint density at radius 2 is 1.62 bits per heavy atom. The lowest BCUT2D eigenvalue weighted by molar-refractivity contribution is 1.15. The number of nitrogens with zero attached hydrogens (tertiary/aromatic N) is 1. The summed E-state index contributed by atoms with van der Waals surface area (Å²) in [5, 5.41) is 3.82. The molecule has 0 aliphatic rings. The lowest BCUT2D eigenvalue weighted by Crippen LogP contribution is -1.92. The first-order chi connectivity index (χ1) is 11.4. The van der Waals surface area contributed by atoms with Crippen molar-refractivity contribution in [3.05, 3.63) is 67.7 Å². The molecular weight excluding hydrogens is 381 g/mol. The topological polar surface area (TPSA) is 12.9 Å². The second-order valence-electron chi connectivity index (χ2n) is 5.87. The molecule has 0 saturated heterocycles. The number of benzene rings is 2. The third kappa shape index (κ3) is 3.52. The Labute approximate surface area is 161 Å². The van der Waals surface area contributed by atoms with Gasteiger partial charge in [0.05, 0.1) is 20.6 Å². The highest BCUT2D eigenvalue weighted by Gasteiger charge is 2.12. The fraction of sp³-hybridized carbons (Fsp3) is 0.211. The van der Waals surface area contributed by atoms with Crippen molar-refractivity contribution in [2.24, 2.45) is 0 Å². The molecule has 0 radical (unpaired) electrons. The lowest BCUT2D eigenvalue weighted by atomic mass is 10.0. The molecule has 1 nitrogen and oxygen atoms in total. The molecular formula is C19H16Cl3NS. The van der Waals surface area contributed by atoms with Gasteiger partial charge >= 0.3 is 0 Å². The standard InChI is InChI=1S/C19H16Cl3NS/c1-10-6-12(3)19-13(7-10)11(2)8-17(23-19)24-9-14-15(20)4-5-16(21)18(14)22/h4-8H,9H2,1-3H3. The zero-order chi connectivity index (χ0) is 17.4. The van der Waals surface area contributed by atoms with Crippen LogP contribution in [0.15, 0.2) is 35.4 Å². The summed E-state index contributed by atoms with van der Waals surface area (Å²) < 4.78 is 0. The Kier molecular flexibility index (Phi) is 5.31. The van der Waals surface area contributed by atoms with Crippen LogP contribution in [0.1, 0.15) is 22.3 Å². The normalized spacial score (nSPS) is 11.2. The highest BCUT2D eigenvalue weighted by molar-refractivity contribution is 7.98. The third-order valence-electron chi connectivity index (χ3n) is 3.93. The van der Waals surface area contributed by atoms with E-state index in [0.29, 0.717) is 20.8 Å². The molecule has 0 spiro atoms. The molecule has 0 aliphatic carbocycles. The minimum atomic E-state index is 0.515. The lowest BCUT2D eigenvalue weighted by Gasteiger charge is -2.11. The predicted molar refractivity (Wildman–Crippen MR) is 107 cm³/mol. The molecule has 0 atom stereocenters. The van der Waals surface area contributed by atoms with Gasteiger partial charge in [-0.2, -0.15) is 0 Å². The van der Waals surface area contributed by atoms with Crippen LogP contribution in [-0.2, 0) is 5.75 Å². The van der Waals surface area contributed by atoms with Gasteiger partial charge in [-0.05, 0) is 56.2 Å². The molecule has 124 valence electrons. The highest BCUT2D eigenvalue weighted by Crippen LogP contribution is 2.36. The molecule has 1 aromatic heterocycles. The smallest absolute Gasteiger partial charge is 0.0973 e. The molecule has 0 fully saturated rings. The fourth-order valence-electron chi connectivity index (χ4n) is 2.74. The van der Waals surface area contributed by atoms with Crippen LogP contribution in [0.25, 0.3) is 10.9 Å². The van der Waals surface area contributed by atoms with Crippen LogP contribution >= 0.6 is 46.6 Å². The van der Waals surface area contributed by atoms with Crippen molar-refractivity contribution in [1.29, 1.82) is 0 Å². The molecule has 0 N–H and O–H groups in total. The summed E-state index contributed by atoms with van der Waals surface area (Å²) in [7, 11) is 0. The van der Waals surface area contributed by atoms with E-state index in [1.54, 1.807) is 23.9 Å². The van der Waals surface area contributed by atoms with Crippen molar-refractivity contribution in [3.8, 4) is 0 Å². The molecule has 0 saturated carbocycles. The number of hydrogen-bond acceptors (Lipinski definition) is 2. The van der Waals surface area contributed by atoms with Crippen molar-refractivity contribution < 1.29 is 0 Å². The summed E-state index contributed by atoms with van der Waals surface area (Å²) in [6.45, 7) is 6.32. The number of halogens is 3. The molecule has 1 heterocycles. The van der Waals surface area contributed by atoms with Crippen LogP contribution in [0.3, 0.4) is 0 Å². The van der Waals surface area contributed by atoms with Gasteiger partial charge in [0.25, 0.3) is 0 Å². The van der Waals surface area contributed by atoms with E-state index in [-0.39, 0.29) is 0 Å². The van der Waals surface area contributed by atoms with E-state index in [1.807, 2.05) is 0 Å². The van der Waals surface area contributed by atoms with Gasteiger partial charge in [-0.1, -0.05) is 46.4 Å². The first-order valence-corrected chi connectivity index (χ1v) is 9.62. The summed E-state index contributed by atoms with van der Waals surface area (Å²) in [5.74, 6) is 0.626. The van der Waals surface area contributed by atoms with Crippen LogP contribution in [0, 0.1) is 20.8 Å². The maximum Gasteiger partial charge on any atom is 0.0973 e. The maximum absolute atomic E-state index is 6.28. The van der Waals surface area contributed by atoms with Crippen LogP contribution in [-0.4, -0.2) is 4.98 Å². The summed E-state index contributed by atoms with van der Waals surface area (Å²) in [4.78, 5) is 4.82. The third-order valence-corrected chi connectivity index (χ3v) is 6.07. The quantitative estimate of drug-likeness (QED) is 0.337. The van der Waals surface area contributed by atoms with Crippen LogP contribution in [0.2, 0.25) is 15.1 Å². The Hall–Kier alpha value is -0.930. The number of rotatable bonds is 3. The number of aromatic nitrogens is 1. The van der Waals surface area contributed by atoms with Crippen molar-refractivity contribution in [2.75, 3.05) is 0 Å². The van der Waals surface area contributed by atoms with Gasteiger partial charge < -0.3 is 0 Å². The van der Waals surface area contributed by atoms with E-state index in [9.17, 15) is 0 Å². The number of thioether (sulfide) groups is 1. The molecule has 0 amide bonds. The molecule has 0 bridgehead atoms. The number of fused-ring (bicyclic) bond motifs is 1. The van der Waals surface area contributed by atoms with Crippen LogP contribution in [0.4, 0.5) is 0 Å². The highest BCUT2D eigenvalue weighted by atomic mass is 35.5. The van der Waals surface area contributed by atoms with E-state index in [0.717, 1.165) is 16.1 Å². The summed E-state index contributed by atoms with van der Waals surface area (Å²) in [6, 6.07) is 9.94. The zero-order valence-electron chi connectivity index (χ0n) is 13.6. The second kappa shape index (κ2) is 7.13. The van der Waals surface area contributed by atoms with Crippen molar-refractivity contribution in [1.82, 2.24) is 4.98 Å². The van der Waals surface area contributed by atoms with E-state index in [2.05, 4.69) is 39.0 Å². The van der Waals surface area contributed by atoms with E-state index in [1.165, 1.54) is 22.1 Å². The zero-order valence-corrected chi connectivity index (χ0v) is 16.7. The molecule has 3 aromatic rings. The molecule has 5 heteroatoms. The number of pyridine rings is 1. The van der Waals surface area contributed by atoms with Gasteiger partial charge in [0.1, 0.15) is 0 Å². The number of aryl methyl sites for hydroxylation is 3. The SMILES string of the molecule is Cc1cc(C)c2nc(SCc3c(Cl)ccc(Cl)c3Cl)cc(C)c2c1. The van der Waals surface area contributed by atoms with E-state index >= 15 is 0 Å². The largest absolute Gasteiger partial charge is 0.241 e.